The molecule has 0 bridgehead atoms. The van der Waals surface area contributed by atoms with E-state index in [2.05, 4.69) is 32.8 Å². The fourth-order valence-electron chi connectivity index (χ4n) is 0.914. The zero-order chi connectivity index (χ0) is 9.26. The molecule has 1 heterocycles. The van der Waals surface area contributed by atoms with E-state index in [0.717, 1.165) is 5.56 Å². The summed E-state index contributed by atoms with van der Waals surface area (Å²) in [5.41, 5.74) is 0.954. The van der Waals surface area contributed by atoms with Crippen LogP contribution in [0.1, 0.15) is 0 Å². The summed E-state index contributed by atoms with van der Waals surface area (Å²) in [5.74, 6) is 0.570. The molecular weight excluding hydrogens is 394 g/mol. The van der Waals surface area contributed by atoms with Crippen LogP contribution in [0.4, 0.5) is 0 Å². The van der Waals surface area contributed by atoms with Gasteiger partial charge in [-0.15, -0.1) is 10.2 Å². The number of halogens is 2. The standard InChI is InChI=1S/C8H4I2N2O/c9-6-3-1-5(2-4-6)7-11-12-8(10)13-7/h1-4H. The third kappa shape index (κ3) is 2.19. The Morgan fingerprint density at radius 3 is 2.23 bits per heavy atom. The van der Waals surface area contributed by atoms with Crippen LogP contribution >= 0.6 is 45.2 Å². The van der Waals surface area contributed by atoms with Gasteiger partial charge in [0.1, 0.15) is 0 Å². The Kier molecular flexibility index (Phi) is 2.82. The van der Waals surface area contributed by atoms with Crippen molar-refractivity contribution in [3.63, 3.8) is 0 Å². The minimum Gasteiger partial charge on any atom is -0.412 e. The SMILES string of the molecule is Ic1ccc(-c2nnc(I)o2)cc1. The molecule has 2 aromatic rings. The van der Waals surface area contributed by atoms with Gasteiger partial charge in [0.25, 0.3) is 3.90 Å². The number of benzene rings is 1. The lowest BCUT2D eigenvalue weighted by atomic mass is 10.2. The molecule has 0 saturated heterocycles. The number of nitrogens with zero attached hydrogens (tertiary/aromatic N) is 2. The lowest BCUT2D eigenvalue weighted by molar-refractivity contribution is 0.537. The summed E-state index contributed by atoms with van der Waals surface area (Å²) >= 11 is 4.25. The maximum absolute atomic E-state index is 5.27. The Hall–Kier alpha value is -0.180. The number of aromatic nitrogens is 2. The number of hydrogen-bond donors (Lipinski definition) is 0. The predicted octanol–water partition coefficient (Wildman–Crippen LogP) is 2.95. The molecule has 66 valence electrons. The van der Waals surface area contributed by atoms with E-state index in [0.29, 0.717) is 9.79 Å². The molecule has 0 saturated carbocycles. The topological polar surface area (TPSA) is 38.9 Å². The molecule has 0 aliphatic heterocycles. The smallest absolute Gasteiger partial charge is 0.278 e. The summed E-state index contributed by atoms with van der Waals surface area (Å²) in [6.07, 6.45) is 0. The van der Waals surface area contributed by atoms with Crippen LogP contribution in [0, 0.1) is 7.47 Å². The van der Waals surface area contributed by atoms with Crippen molar-refractivity contribution in [1.82, 2.24) is 10.2 Å². The van der Waals surface area contributed by atoms with Crippen LogP contribution < -0.4 is 0 Å². The van der Waals surface area contributed by atoms with Gasteiger partial charge in [-0.05, 0) is 46.9 Å². The van der Waals surface area contributed by atoms with E-state index < -0.39 is 0 Å². The summed E-state index contributed by atoms with van der Waals surface area (Å²) in [4.78, 5) is 0. The van der Waals surface area contributed by atoms with Crippen molar-refractivity contribution in [1.29, 1.82) is 0 Å². The monoisotopic (exact) mass is 398 g/mol. The normalized spacial score (nSPS) is 10.3. The minimum absolute atomic E-state index is 0.561. The van der Waals surface area contributed by atoms with Crippen LogP contribution in [0.5, 0.6) is 0 Å². The second-order valence-electron chi connectivity index (χ2n) is 2.37. The van der Waals surface area contributed by atoms with Crippen LogP contribution in [0.2, 0.25) is 0 Å². The van der Waals surface area contributed by atoms with E-state index in [9.17, 15) is 0 Å². The molecule has 5 heteroatoms. The fraction of sp³-hybridized carbons (Fsp3) is 0. The molecule has 0 N–H and O–H groups in total. The van der Waals surface area contributed by atoms with Gasteiger partial charge in [-0.25, -0.2) is 0 Å². The first-order valence-electron chi connectivity index (χ1n) is 3.50. The van der Waals surface area contributed by atoms with Crippen LogP contribution in [0.15, 0.2) is 28.7 Å². The predicted molar refractivity (Wildman–Crippen MR) is 65.2 cm³/mol. The maximum Gasteiger partial charge on any atom is 0.278 e. The van der Waals surface area contributed by atoms with E-state index in [1.54, 1.807) is 0 Å². The molecule has 0 atom stereocenters. The molecule has 2 rings (SSSR count). The summed E-state index contributed by atoms with van der Waals surface area (Å²) in [6, 6.07) is 7.94. The summed E-state index contributed by atoms with van der Waals surface area (Å²) in [5, 5.41) is 7.67. The van der Waals surface area contributed by atoms with Crippen molar-refractivity contribution in [2.24, 2.45) is 0 Å². The Labute approximate surface area is 102 Å². The van der Waals surface area contributed by atoms with Gasteiger partial charge in [0.2, 0.25) is 5.89 Å². The van der Waals surface area contributed by atoms with Crippen molar-refractivity contribution in [2.45, 2.75) is 0 Å². The first-order valence-corrected chi connectivity index (χ1v) is 5.66. The molecule has 3 nitrogen and oxygen atoms in total. The van der Waals surface area contributed by atoms with Crippen LogP contribution in [-0.4, -0.2) is 10.2 Å². The Balaban J connectivity index is 2.41. The molecule has 0 fully saturated rings. The number of rotatable bonds is 1. The minimum atomic E-state index is 0.561. The fourth-order valence-corrected chi connectivity index (χ4v) is 1.59. The third-order valence-corrected chi connectivity index (χ3v) is 2.65. The van der Waals surface area contributed by atoms with E-state index in [-0.39, 0.29) is 0 Å². The van der Waals surface area contributed by atoms with Gasteiger partial charge in [0, 0.05) is 31.7 Å². The Morgan fingerprint density at radius 2 is 1.69 bits per heavy atom. The van der Waals surface area contributed by atoms with E-state index >= 15 is 0 Å². The first-order chi connectivity index (χ1) is 6.25. The average Bonchev–Trinajstić information content (AvgIpc) is 2.53. The third-order valence-electron chi connectivity index (χ3n) is 1.49. The summed E-state index contributed by atoms with van der Waals surface area (Å²) in [6.45, 7) is 0. The van der Waals surface area contributed by atoms with E-state index in [1.807, 2.05) is 46.9 Å². The average molecular weight is 398 g/mol. The van der Waals surface area contributed by atoms with E-state index in [1.165, 1.54) is 3.57 Å². The van der Waals surface area contributed by atoms with Crippen molar-refractivity contribution in [2.75, 3.05) is 0 Å². The highest BCUT2D eigenvalue weighted by Gasteiger charge is 2.04. The number of hydrogen-bond acceptors (Lipinski definition) is 3. The summed E-state index contributed by atoms with van der Waals surface area (Å²) < 4.78 is 7.02. The lowest BCUT2D eigenvalue weighted by Crippen LogP contribution is -1.77. The van der Waals surface area contributed by atoms with Gasteiger partial charge in [-0.2, -0.15) is 0 Å². The van der Waals surface area contributed by atoms with Gasteiger partial charge in [0.15, 0.2) is 0 Å². The highest BCUT2D eigenvalue weighted by molar-refractivity contribution is 14.1. The van der Waals surface area contributed by atoms with Crippen LogP contribution in [0.25, 0.3) is 11.5 Å². The second-order valence-corrected chi connectivity index (χ2v) is 4.54. The van der Waals surface area contributed by atoms with Gasteiger partial charge >= 0.3 is 0 Å². The molecular formula is C8H4I2N2O. The van der Waals surface area contributed by atoms with Gasteiger partial charge in [0.05, 0.1) is 0 Å². The molecule has 1 aromatic carbocycles. The summed E-state index contributed by atoms with van der Waals surface area (Å²) in [7, 11) is 0. The van der Waals surface area contributed by atoms with Crippen molar-refractivity contribution < 1.29 is 4.42 Å². The molecule has 0 radical (unpaired) electrons. The zero-order valence-electron chi connectivity index (χ0n) is 6.37. The van der Waals surface area contributed by atoms with Crippen molar-refractivity contribution >= 4 is 45.2 Å². The van der Waals surface area contributed by atoms with Crippen molar-refractivity contribution in [3.8, 4) is 11.5 Å². The van der Waals surface area contributed by atoms with Gasteiger partial charge in [-0.3, -0.25) is 0 Å². The molecule has 1 aromatic heterocycles. The molecule has 0 unspecified atom stereocenters. The van der Waals surface area contributed by atoms with Gasteiger partial charge in [-0.1, -0.05) is 0 Å². The zero-order valence-corrected chi connectivity index (χ0v) is 10.7. The first kappa shape index (κ1) is 9.38. The molecule has 0 aliphatic carbocycles. The molecule has 0 amide bonds. The highest BCUT2D eigenvalue weighted by Crippen LogP contribution is 2.19. The van der Waals surface area contributed by atoms with Crippen molar-refractivity contribution in [3.05, 3.63) is 31.7 Å². The quantitative estimate of drug-likeness (QED) is 0.694. The van der Waals surface area contributed by atoms with Crippen LogP contribution in [-0.2, 0) is 0 Å². The largest absolute Gasteiger partial charge is 0.412 e. The molecule has 0 aliphatic rings. The Bertz CT molecular complexity index is 410. The van der Waals surface area contributed by atoms with Crippen LogP contribution in [0.3, 0.4) is 0 Å². The lowest BCUT2D eigenvalue weighted by Gasteiger charge is -1.93. The maximum atomic E-state index is 5.27. The highest BCUT2D eigenvalue weighted by atomic mass is 127. The second kappa shape index (κ2) is 3.91. The Morgan fingerprint density at radius 1 is 1.00 bits per heavy atom. The van der Waals surface area contributed by atoms with E-state index in [4.69, 9.17) is 4.42 Å². The van der Waals surface area contributed by atoms with Gasteiger partial charge < -0.3 is 4.42 Å². The molecule has 13 heavy (non-hydrogen) atoms. The molecule has 0 spiro atoms.